The number of carbonyl (C=O) groups is 1. The highest BCUT2D eigenvalue weighted by Crippen LogP contribution is 2.36. The van der Waals surface area contributed by atoms with E-state index in [0.717, 1.165) is 43.3 Å². The van der Waals surface area contributed by atoms with Gasteiger partial charge in [0.15, 0.2) is 0 Å². The highest BCUT2D eigenvalue weighted by atomic mass is 32.2. The largest absolute Gasteiger partial charge is 0.489 e. The molecule has 220 valence electrons. The van der Waals surface area contributed by atoms with Gasteiger partial charge in [0.2, 0.25) is 10.0 Å². The molecule has 2 fully saturated rings. The molecular weight excluding hydrogens is 528 g/mol. The van der Waals surface area contributed by atoms with Gasteiger partial charge < -0.3 is 19.1 Å². The number of ether oxygens (including phenoxy) is 3. The molecule has 1 aliphatic carbocycles. The van der Waals surface area contributed by atoms with Crippen molar-refractivity contribution in [3.63, 3.8) is 0 Å². The maximum absolute atomic E-state index is 13.0. The van der Waals surface area contributed by atoms with E-state index in [4.69, 9.17) is 14.2 Å². The Balaban J connectivity index is 1.33. The van der Waals surface area contributed by atoms with Crippen LogP contribution >= 0.6 is 0 Å². The normalized spacial score (nSPS) is 23.9. The van der Waals surface area contributed by atoms with Crippen molar-refractivity contribution in [1.29, 1.82) is 0 Å². The Morgan fingerprint density at radius 2 is 1.73 bits per heavy atom. The summed E-state index contributed by atoms with van der Waals surface area (Å²) >= 11 is 0. The fourth-order valence-corrected chi connectivity index (χ4v) is 6.44. The number of rotatable bonds is 9. The molecule has 0 radical (unpaired) electrons. The molecule has 2 aliphatic rings. The molecule has 0 spiro atoms. The lowest BCUT2D eigenvalue weighted by molar-refractivity contribution is -0.0390. The van der Waals surface area contributed by atoms with Crippen LogP contribution in [0.3, 0.4) is 0 Å². The van der Waals surface area contributed by atoms with E-state index >= 15 is 0 Å². The van der Waals surface area contributed by atoms with Gasteiger partial charge >= 0.3 is 6.09 Å². The summed E-state index contributed by atoms with van der Waals surface area (Å²) in [6.07, 6.45) is 5.94. The van der Waals surface area contributed by atoms with Crippen molar-refractivity contribution in [3.8, 4) is 5.75 Å². The third kappa shape index (κ3) is 9.21. The molecule has 2 aromatic rings. The number of hydrogen-bond acceptors (Lipinski definition) is 6. The lowest BCUT2D eigenvalue weighted by Crippen LogP contribution is -2.59. The van der Waals surface area contributed by atoms with Gasteiger partial charge in [-0.15, -0.1) is 0 Å². The molecule has 1 saturated carbocycles. The van der Waals surface area contributed by atoms with Crippen molar-refractivity contribution >= 4 is 16.1 Å². The predicted molar refractivity (Wildman–Crippen MR) is 156 cm³/mol. The Kier molecular flexibility index (Phi) is 10.1. The van der Waals surface area contributed by atoms with Gasteiger partial charge in [0.25, 0.3) is 0 Å². The van der Waals surface area contributed by atoms with E-state index in [9.17, 15) is 13.2 Å². The monoisotopic (exact) mass is 572 g/mol. The van der Waals surface area contributed by atoms with Crippen LogP contribution in [0.2, 0.25) is 0 Å². The van der Waals surface area contributed by atoms with E-state index in [2.05, 4.69) is 35.1 Å². The first-order chi connectivity index (χ1) is 19.0. The molecule has 4 rings (SSSR count). The maximum atomic E-state index is 13.0. The van der Waals surface area contributed by atoms with Gasteiger partial charge in [0.1, 0.15) is 18.0 Å². The van der Waals surface area contributed by atoms with Crippen molar-refractivity contribution in [1.82, 2.24) is 9.62 Å². The summed E-state index contributed by atoms with van der Waals surface area (Å²) in [6, 6.07) is 17.7. The van der Waals surface area contributed by atoms with Gasteiger partial charge in [0.05, 0.1) is 25.0 Å². The maximum Gasteiger partial charge on any atom is 0.410 e. The van der Waals surface area contributed by atoms with Crippen LogP contribution in [-0.4, -0.2) is 62.6 Å². The van der Waals surface area contributed by atoms with Crippen LogP contribution in [0.25, 0.3) is 0 Å². The second-order valence-electron chi connectivity index (χ2n) is 12.0. The van der Waals surface area contributed by atoms with E-state index in [1.165, 1.54) is 5.56 Å². The first-order valence-electron chi connectivity index (χ1n) is 14.3. The number of nitrogens with one attached hydrogen (secondary N) is 1. The molecule has 2 aromatic carbocycles. The van der Waals surface area contributed by atoms with Crippen LogP contribution in [0.1, 0.15) is 76.3 Å². The van der Waals surface area contributed by atoms with Gasteiger partial charge in [-0.2, -0.15) is 0 Å². The van der Waals surface area contributed by atoms with E-state index in [0.29, 0.717) is 31.9 Å². The number of piperidine rings is 1. The van der Waals surface area contributed by atoms with Crippen LogP contribution in [0.15, 0.2) is 54.6 Å². The molecule has 2 atom stereocenters. The number of sulfonamides is 1. The van der Waals surface area contributed by atoms with Crippen LogP contribution in [-0.2, 0) is 26.1 Å². The van der Waals surface area contributed by atoms with Crippen molar-refractivity contribution in [2.45, 2.75) is 95.6 Å². The lowest BCUT2D eigenvalue weighted by atomic mass is 9.82. The molecule has 0 bridgehead atoms. The number of nitrogens with zero attached hydrogens (tertiary/aromatic N) is 1. The second kappa shape index (κ2) is 13.4. The molecule has 1 saturated heterocycles. The minimum atomic E-state index is -3.44. The minimum Gasteiger partial charge on any atom is -0.489 e. The summed E-state index contributed by atoms with van der Waals surface area (Å²) in [5.74, 6) is 1.32. The highest BCUT2D eigenvalue weighted by molar-refractivity contribution is 7.88. The fourth-order valence-electron chi connectivity index (χ4n) is 5.62. The zero-order chi connectivity index (χ0) is 28.8. The standard InChI is InChI=1S/C31H44N2O6S/c1-31(2,3)39-30(34)33-19-9-14-28(32-40(4,35)36)29(33)22-38-26-17-15-24(16-18-26)25-12-8-13-27(20-25)37-21-23-10-6-5-7-11-23/h5-8,10-13,20,24,26,28-29,32H,9,14-19,21-22H2,1-4H3. The van der Waals surface area contributed by atoms with Gasteiger partial charge in [-0.3, -0.25) is 0 Å². The van der Waals surface area contributed by atoms with Crippen LogP contribution in [0, 0.1) is 0 Å². The van der Waals surface area contributed by atoms with E-state index in [-0.39, 0.29) is 12.7 Å². The van der Waals surface area contributed by atoms with E-state index < -0.39 is 33.8 Å². The Hall–Kier alpha value is -2.62. The van der Waals surface area contributed by atoms with Crippen molar-refractivity contribution in [3.05, 3.63) is 65.7 Å². The highest BCUT2D eigenvalue weighted by Gasteiger charge is 2.38. The molecular formula is C31H44N2O6S. The molecule has 0 aromatic heterocycles. The average molecular weight is 573 g/mol. The Labute approximate surface area is 239 Å². The summed E-state index contributed by atoms with van der Waals surface area (Å²) in [7, 11) is -3.44. The zero-order valence-electron chi connectivity index (χ0n) is 24.2. The summed E-state index contributed by atoms with van der Waals surface area (Å²) in [4.78, 5) is 14.6. The van der Waals surface area contributed by atoms with Crippen LogP contribution in [0.5, 0.6) is 5.75 Å². The third-order valence-corrected chi connectivity index (χ3v) is 8.26. The summed E-state index contributed by atoms with van der Waals surface area (Å²) < 4.78 is 44.9. The Morgan fingerprint density at radius 3 is 2.40 bits per heavy atom. The molecule has 9 heteroatoms. The first-order valence-corrected chi connectivity index (χ1v) is 16.2. The van der Waals surface area contributed by atoms with Gasteiger partial charge in [-0.25, -0.2) is 17.9 Å². The SMILES string of the molecule is CC(C)(C)OC(=O)N1CCCC(NS(C)(=O)=O)C1COC1CCC(c2cccc(OCc3ccccc3)c2)CC1. The number of hydrogen-bond donors (Lipinski definition) is 1. The Bertz CT molecular complexity index is 1210. The first kappa shape index (κ1) is 30.3. The third-order valence-electron chi connectivity index (χ3n) is 7.53. The van der Waals surface area contributed by atoms with Crippen molar-refractivity contribution in [2.24, 2.45) is 0 Å². The van der Waals surface area contributed by atoms with Gasteiger partial charge in [-0.1, -0.05) is 42.5 Å². The summed E-state index contributed by atoms with van der Waals surface area (Å²) in [5.41, 5.74) is 1.79. The van der Waals surface area contributed by atoms with Crippen LogP contribution in [0.4, 0.5) is 4.79 Å². The Morgan fingerprint density at radius 1 is 1.00 bits per heavy atom. The quantitative estimate of drug-likeness (QED) is 0.419. The minimum absolute atomic E-state index is 0.0649. The molecule has 1 N–H and O–H groups in total. The lowest BCUT2D eigenvalue weighted by Gasteiger charge is -2.42. The van der Waals surface area contributed by atoms with E-state index in [1.54, 1.807) is 4.90 Å². The second-order valence-corrected chi connectivity index (χ2v) is 13.8. The molecule has 40 heavy (non-hydrogen) atoms. The van der Waals surface area contributed by atoms with Gasteiger partial charge in [0, 0.05) is 12.6 Å². The smallest absolute Gasteiger partial charge is 0.410 e. The van der Waals surface area contributed by atoms with Crippen molar-refractivity contribution < 1.29 is 27.4 Å². The van der Waals surface area contributed by atoms with Crippen molar-refractivity contribution in [2.75, 3.05) is 19.4 Å². The molecule has 2 unspecified atom stereocenters. The molecule has 8 nitrogen and oxygen atoms in total. The van der Waals surface area contributed by atoms with Crippen LogP contribution < -0.4 is 9.46 Å². The molecule has 1 heterocycles. The number of carbonyl (C=O) groups excluding carboxylic acids is 1. The predicted octanol–water partition coefficient (Wildman–Crippen LogP) is 5.63. The van der Waals surface area contributed by atoms with Gasteiger partial charge in [-0.05, 0) is 88.5 Å². The average Bonchev–Trinajstić information content (AvgIpc) is 2.90. The summed E-state index contributed by atoms with van der Waals surface area (Å²) in [5, 5.41) is 0. The zero-order valence-corrected chi connectivity index (χ0v) is 25.0. The topological polar surface area (TPSA) is 94.2 Å². The number of amides is 1. The number of likely N-dealkylation sites (tertiary alicyclic amines) is 1. The molecule has 1 amide bonds. The molecule has 1 aliphatic heterocycles. The fraction of sp³-hybridized carbons (Fsp3) is 0.581. The van der Waals surface area contributed by atoms with E-state index in [1.807, 2.05) is 45.0 Å². The number of benzene rings is 2. The summed E-state index contributed by atoms with van der Waals surface area (Å²) in [6.45, 7) is 6.81.